The zero-order valence-corrected chi connectivity index (χ0v) is 13.8. The van der Waals surface area contributed by atoms with Crippen LogP contribution in [-0.2, 0) is 11.3 Å². The van der Waals surface area contributed by atoms with E-state index in [0.717, 1.165) is 24.1 Å². The maximum atomic E-state index is 12.5. The molecule has 2 fully saturated rings. The number of aliphatic hydroxyl groups is 1. The summed E-state index contributed by atoms with van der Waals surface area (Å²) in [6.07, 6.45) is 4.22. The van der Waals surface area contributed by atoms with Crippen molar-refractivity contribution in [2.75, 3.05) is 26.2 Å². The van der Waals surface area contributed by atoms with E-state index < -0.39 is 6.10 Å². The summed E-state index contributed by atoms with van der Waals surface area (Å²) in [5, 5.41) is 10.3. The number of likely N-dealkylation sites (tertiary alicyclic amines) is 2. The van der Waals surface area contributed by atoms with Gasteiger partial charge in [-0.3, -0.25) is 9.69 Å². The molecular formula is C18H24N4O2. The van der Waals surface area contributed by atoms with Crippen molar-refractivity contribution in [1.29, 1.82) is 0 Å². The van der Waals surface area contributed by atoms with Crippen molar-refractivity contribution >= 4 is 16.9 Å². The third-order valence-corrected chi connectivity index (χ3v) is 5.32. The van der Waals surface area contributed by atoms with Gasteiger partial charge in [-0.1, -0.05) is 12.1 Å². The minimum absolute atomic E-state index is 0.116. The van der Waals surface area contributed by atoms with E-state index in [1.807, 2.05) is 33.7 Å². The van der Waals surface area contributed by atoms with E-state index in [0.29, 0.717) is 26.1 Å². The molecule has 2 saturated heterocycles. The predicted molar refractivity (Wildman–Crippen MR) is 91.5 cm³/mol. The summed E-state index contributed by atoms with van der Waals surface area (Å²) in [7, 11) is 0. The van der Waals surface area contributed by atoms with Crippen molar-refractivity contribution in [3.63, 3.8) is 0 Å². The smallest absolute Gasteiger partial charge is 0.224 e. The quantitative estimate of drug-likeness (QED) is 0.913. The molecule has 2 aromatic rings. The molecule has 1 aromatic heterocycles. The Bertz CT molecular complexity index is 723. The molecule has 2 aliphatic heterocycles. The lowest BCUT2D eigenvalue weighted by Gasteiger charge is -2.25. The van der Waals surface area contributed by atoms with Crippen LogP contribution in [-0.4, -0.2) is 68.7 Å². The Morgan fingerprint density at radius 2 is 2.00 bits per heavy atom. The average Bonchev–Trinajstić information content (AvgIpc) is 3.32. The van der Waals surface area contributed by atoms with E-state index in [2.05, 4.69) is 9.88 Å². The molecule has 24 heavy (non-hydrogen) atoms. The molecule has 1 N–H and O–H groups in total. The predicted octanol–water partition coefficient (Wildman–Crippen LogP) is 1.09. The van der Waals surface area contributed by atoms with Crippen LogP contribution >= 0.6 is 0 Å². The molecule has 0 radical (unpaired) electrons. The Morgan fingerprint density at radius 3 is 2.83 bits per heavy atom. The van der Waals surface area contributed by atoms with Gasteiger partial charge in [-0.15, -0.1) is 0 Å². The van der Waals surface area contributed by atoms with Gasteiger partial charge in [0.05, 0.1) is 29.5 Å². The van der Waals surface area contributed by atoms with E-state index in [-0.39, 0.29) is 11.9 Å². The normalized spacial score (nSPS) is 25.0. The number of fused-ring (bicyclic) bond motifs is 1. The van der Waals surface area contributed by atoms with Gasteiger partial charge in [0.2, 0.25) is 5.91 Å². The molecule has 3 heterocycles. The van der Waals surface area contributed by atoms with Crippen LogP contribution in [0.5, 0.6) is 0 Å². The molecule has 128 valence electrons. The van der Waals surface area contributed by atoms with Crippen molar-refractivity contribution in [3.8, 4) is 0 Å². The number of β-amino-alcohol motifs (C(OH)–C–C–N with tert-alkyl or cyclic N) is 1. The van der Waals surface area contributed by atoms with E-state index in [1.54, 1.807) is 6.33 Å². The van der Waals surface area contributed by atoms with Gasteiger partial charge in [-0.25, -0.2) is 4.98 Å². The van der Waals surface area contributed by atoms with Gasteiger partial charge < -0.3 is 14.6 Å². The van der Waals surface area contributed by atoms with Crippen LogP contribution in [0.3, 0.4) is 0 Å². The lowest BCUT2D eigenvalue weighted by Crippen LogP contribution is -2.41. The Labute approximate surface area is 141 Å². The highest BCUT2D eigenvalue weighted by molar-refractivity contribution is 5.78. The zero-order valence-electron chi connectivity index (χ0n) is 13.8. The Hall–Kier alpha value is -1.92. The molecule has 4 rings (SSSR count). The third kappa shape index (κ3) is 2.91. The molecule has 6 nitrogen and oxygen atoms in total. The maximum Gasteiger partial charge on any atom is 0.224 e. The lowest BCUT2D eigenvalue weighted by atomic mass is 10.2. The van der Waals surface area contributed by atoms with E-state index in [9.17, 15) is 9.90 Å². The summed E-state index contributed by atoms with van der Waals surface area (Å²) in [5.41, 5.74) is 2.01. The SMILES string of the molecule is O=C(CCn1cnc2ccccc21)N1C[C@@H](O)[C@H](N2CCCC2)C1. The summed E-state index contributed by atoms with van der Waals surface area (Å²) >= 11 is 0. The van der Waals surface area contributed by atoms with Gasteiger partial charge in [0.25, 0.3) is 0 Å². The van der Waals surface area contributed by atoms with Gasteiger partial charge in [-0.05, 0) is 38.1 Å². The van der Waals surface area contributed by atoms with E-state index in [4.69, 9.17) is 0 Å². The number of rotatable bonds is 4. The van der Waals surface area contributed by atoms with Crippen LogP contribution in [0.25, 0.3) is 11.0 Å². The van der Waals surface area contributed by atoms with Gasteiger partial charge >= 0.3 is 0 Å². The number of aromatic nitrogens is 2. The number of aryl methyl sites for hydroxylation is 1. The van der Waals surface area contributed by atoms with Crippen LogP contribution in [0, 0.1) is 0 Å². The number of carbonyl (C=O) groups is 1. The maximum absolute atomic E-state index is 12.5. The second-order valence-corrected chi connectivity index (χ2v) is 6.85. The van der Waals surface area contributed by atoms with Crippen molar-refractivity contribution in [2.24, 2.45) is 0 Å². The monoisotopic (exact) mass is 328 g/mol. The van der Waals surface area contributed by atoms with Crippen LogP contribution in [0.2, 0.25) is 0 Å². The minimum atomic E-state index is -0.416. The largest absolute Gasteiger partial charge is 0.390 e. The van der Waals surface area contributed by atoms with E-state index in [1.165, 1.54) is 12.8 Å². The second-order valence-electron chi connectivity index (χ2n) is 6.85. The molecule has 2 atom stereocenters. The number of hydrogen-bond donors (Lipinski definition) is 1. The number of amides is 1. The van der Waals surface area contributed by atoms with E-state index >= 15 is 0 Å². The Kier molecular flexibility index (Phi) is 4.24. The van der Waals surface area contributed by atoms with Gasteiger partial charge in [0.15, 0.2) is 0 Å². The topological polar surface area (TPSA) is 61.6 Å². The fourth-order valence-corrected chi connectivity index (χ4v) is 3.97. The number of para-hydroxylation sites is 2. The first kappa shape index (κ1) is 15.6. The van der Waals surface area contributed by atoms with Crippen molar-refractivity contribution in [1.82, 2.24) is 19.4 Å². The summed E-state index contributed by atoms with van der Waals surface area (Å²) < 4.78 is 2.03. The summed E-state index contributed by atoms with van der Waals surface area (Å²) in [5.74, 6) is 0.119. The number of nitrogens with zero attached hydrogens (tertiary/aromatic N) is 4. The molecule has 0 unspecified atom stereocenters. The van der Waals surface area contributed by atoms with Crippen molar-refractivity contribution in [3.05, 3.63) is 30.6 Å². The number of aliphatic hydroxyl groups excluding tert-OH is 1. The Balaban J connectivity index is 1.36. The highest BCUT2D eigenvalue weighted by Crippen LogP contribution is 2.22. The lowest BCUT2D eigenvalue weighted by molar-refractivity contribution is -0.130. The highest BCUT2D eigenvalue weighted by atomic mass is 16.3. The first-order valence-corrected chi connectivity index (χ1v) is 8.82. The average molecular weight is 328 g/mol. The molecule has 2 aliphatic rings. The van der Waals surface area contributed by atoms with Crippen LogP contribution in [0.1, 0.15) is 19.3 Å². The molecule has 6 heteroatoms. The first-order chi connectivity index (χ1) is 11.7. The first-order valence-electron chi connectivity index (χ1n) is 8.82. The van der Waals surface area contributed by atoms with Crippen LogP contribution < -0.4 is 0 Å². The molecule has 0 spiro atoms. The molecule has 1 amide bonds. The molecule has 0 saturated carbocycles. The molecular weight excluding hydrogens is 304 g/mol. The number of imidazole rings is 1. The van der Waals surface area contributed by atoms with Gasteiger partial charge in [0, 0.05) is 26.1 Å². The van der Waals surface area contributed by atoms with Gasteiger partial charge in [0.1, 0.15) is 0 Å². The molecule has 1 aromatic carbocycles. The van der Waals surface area contributed by atoms with Crippen LogP contribution in [0.15, 0.2) is 30.6 Å². The number of carbonyl (C=O) groups excluding carboxylic acids is 1. The fraction of sp³-hybridized carbons (Fsp3) is 0.556. The van der Waals surface area contributed by atoms with Crippen molar-refractivity contribution in [2.45, 2.75) is 38.0 Å². The fourth-order valence-electron chi connectivity index (χ4n) is 3.97. The van der Waals surface area contributed by atoms with Crippen LogP contribution in [0.4, 0.5) is 0 Å². The minimum Gasteiger partial charge on any atom is -0.390 e. The number of benzene rings is 1. The third-order valence-electron chi connectivity index (χ3n) is 5.32. The summed E-state index contributed by atoms with van der Waals surface area (Å²) in [4.78, 5) is 21.1. The zero-order chi connectivity index (χ0) is 16.5. The van der Waals surface area contributed by atoms with Gasteiger partial charge in [-0.2, -0.15) is 0 Å². The summed E-state index contributed by atoms with van der Waals surface area (Å²) in [6.45, 7) is 3.84. The second kappa shape index (κ2) is 6.53. The summed E-state index contributed by atoms with van der Waals surface area (Å²) in [6, 6.07) is 8.07. The Morgan fingerprint density at radius 1 is 1.21 bits per heavy atom. The standard InChI is InChI=1S/C18H24N4O2/c23-17-12-22(11-16(17)20-8-3-4-9-20)18(24)7-10-21-13-19-14-5-1-2-6-15(14)21/h1-2,5-6,13,16-17,23H,3-4,7-12H2/t16-,17-/m1/s1. The highest BCUT2D eigenvalue weighted by Gasteiger charge is 2.38. The molecule has 0 bridgehead atoms. The number of hydrogen-bond acceptors (Lipinski definition) is 4. The molecule has 0 aliphatic carbocycles. The van der Waals surface area contributed by atoms with Crippen molar-refractivity contribution < 1.29 is 9.90 Å².